The van der Waals surface area contributed by atoms with Crippen LogP contribution in [0.25, 0.3) is 0 Å². The number of carboxylic acids is 1. The Morgan fingerprint density at radius 3 is 2.22 bits per heavy atom. The summed E-state index contributed by atoms with van der Waals surface area (Å²) in [6.07, 6.45) is 5.01. The van der Waals surface area contributed by atoms with Gasteiger partial charge in [-0.3, -0.25) is 9.59 Å². The molecule has 3 aromatic rings. The van der Waals surface area contributed by atoms with Crippen LogP contribution in [0.15, 0.2) is 72.8 Å². The van der Waals surface area contributed by atoms with E-state index in [1.165, 1.54) is 18.6 Å². The van der Waals surface area contributed by atoms with Gasteiger partial charge in [-0.25, -0.2) is 4.39 Å². The van der Waals surface area contributed by atoms with Gasteiger partial charge in [0.25, 0.3) is 5.91 Å². The molecule has 0 aromatic heterocycles. The Bertz CT molecular complexity index is 1110. The van der Waals surface area contributed by atoms with Gasteiger partial charge in [0.2, 0.25) is 0 Å². The monoisotopic (exact) mass is 507 g/mol. The summed E-state index contributed by atoms with van der Waals surface area (Å²) >= 11 is 0. The zero-order valence-electron chi connectivity index (χ0n) is 21.1. The summed E-state index contributed by atoms with van der Waals surface area (Å²) in [5.74, 6) is -0.127. The van der Waals surface area contributed by atoms with E-state index in [4.69, 9.17) is 14.6 Å². The van der Waals surface area contributed by atoms with Crippen molar-refractivity contribution in [2.24, 2.45) is 0 Å². The van der Waals surface area contributed by atoms with E-state index in [1.807, 2.05) is 36.4 Å². The van der Waals surface area contributed by atoms with Crippen LogP contribution in [0.2, 0.25) is 0 Å². The number of rotatable bonds is 15. The molecule has 2 N–H and O–H groups in total. The van der Waals surface area contributed by atoms with E-state index in [1.54, 1.807) is 24.3 Å². The highest BCUT2D eigenvalue weighted by molar-refractivity contribution is 5.94. The van der Waals surface area contributed by atoms with E-state index in [9.17, 15) is 14.0 Å². The number of halogens is 1. The summed E-state index contributed by atoms with van der Waals surface area (Å²) in [4.78, 5) is 22.9. The maximum atomic E-state index is 13.1. The van der Waals surface area contributed by atoms with Crippen molar-refractivity contribution in [2.45, 2.75) is 58.2 Å². The quantitative estimate of drug-likeness (QED) is 0.224. The van der Waals surface area contributed by atoms with Crippen LogP contribution in [0.3, 0.4) is 0 Å². The van der Waals surface area contributed by atoms with Crippen molar-refractivity contribution < 1.29 is 28.6 Å². The van der Waals surface area contributed by atoms with Gasteiger partial charge in [0.05, 0.1) is 6.42 Å². The molecule has 0 aliphatic heterocycles. The SMILES string of the molecule is CCCCCCC(Oc1ccc(OCc2ccc(F)cc2)cc1)c1ccc(C(=O)NCCC(=O)O)cc1. The topological polar surface area (TPSA) is 84.9 Å². The number of carboxylic acid groups (broad SMARTS) is 1. The fourth-order valence-corrected chi connectivity index (χ4v) is 3.81. The first-order valence-electron chi connectivity index (χ1n) is 12.7. The van der Waals surface area contributed by atoms with E-state index in [-0.39, 0.29) is 30.8 Å². The number of hydrogen-bond acceptors (Lipinski definition) is 4. The molecule has 0 spiro atoms. The van der Waals surface area contributed by atoms with E-state index in [2.05, 4.69) is 12.2 Å². The molecule has 196 valence electrons. The Balaban J connectivity index is 1.62. The van der Waals surface area contributed by atoms with Crippen molar-refractivity contribution in [2.75, 3.05) is 6.54 Å². The van der Waals surface area contributed by atoms with Crippen molar-refractivity contribution in [3.05, 3.63) is 95.3 Å². The first-order chi connectivity index (χ1) is 17.9. The molecular formula is C30H34FNO5. The van der Waals surface area contributed by atoms with E-state index in [0.717, 1.165) is 36.8 Å². The van der Waals surface area contributed by atoms with Gasteiger partial charge in [-0.2, -0.15) is 0 Å². The molecule has 0 aliphatic rings. The summed E-state index contributed by atoms with van der Waals surface area (Å²) in [5.41, 5.74) is 2.32. The summed E-state index contributed by atoms with van der Waals surface area (Å²) in [6, 6.07) is 20.9. The molecule has 3 rings (SSSR count). The Morgan fingerprint density at radius 2 is 1.57 bits per heavy atom. The van der Waals surface area contributed by atoms with E-state index < -0.39 is 5.97 Å². The van der Waals surface area contributed by atoms with Gasteiger partial charge >= 0.3 is 5.97 Å². The van der Waals surface area contributed by atoms with Gasteiger partial charge in [-0.1, -0.05) is 50.5 Å². The van der Waals surface area contributed by atoms with Crippen LogP contribution in [0.1, 0.15) is 73.0 Å². The van der Waals surface area contributed by atoms with Crippen LogP contribution in [0.5, 0.6) is 11.5 Å². The third kappa shape index (κ3) is 9.60. The number of nitrogens with one attached hydrogen (secondary N) is 1. The van der Waals surface area contributed by atoms with Gasteiger partial charge in [0.1, 0.15) is 30.0 Å². The molecule has 1 atom stereocenters. The van der Waals surface area contributed by atoms with Gasteiger partial charge in [-0.05, 0) is 72.5 Å². The van der Waals surface area contributed by atoms with Crippen LogP contribution in [0, 0.1) is 5.82 Å². The molecule has 6 nitrogen and oxygen atoms in total. The van der Waals surface area contributed by atoms with Crippen LogP contribution < -0.4 is 14.8 Å². The molecular weight excluding hydrogens is 473 g/mol. The molecule has 0 radical (unpaired) electrons. The normalized spacial score (nSPS) is 11.5. The molecule has 0 saturated carbocycles. The average molecular weight is 508 g/mol. The summed E-state index contributed by atoms with van der Waals surface area (Å²) < 4.78 is 25.2. The van der Waals surface area contributed by atoms with Crippen LogP contribution in [0.4, 0.5) is 4.39 Å². The number of benzene rings is 3. The second kappa shape index (κ2) is 14.6. The van der Waals surface area contributed by atoms with Crippen molar-refractivity contribution in [3.8, 4) is 11.5 Å². The minimum Gasteiger partial charge on any atom is -0.489 e. The Kier molecular flexibility index (Phi) is 11.0. The van der Waals surface area contributed by atoms with Gasteiger partial charge in [-0.15, -0.1) is 0 Å². The first kappa shape index (κ1) is 27.7. The number of unbranched alkanes of at least 4 members (excludes halogenated alkanes) is 3. The number of carbonyl (C=O) groups is 2. The third-order valence-electron chi connectivity index (χ3n) is 5.91. The fraction of sp³-hybridized carbons (Fsp3) is 0.333. The van der Waals surface area contributed by atoms with E-state index in [0.29, 0.717) is 23.7 Å². The molecule has 1 unspecified atom stereocenters. The number of aliphatic carboxylic acids is 1. The average Bonchev–Trinajstić information content (AvgIpc) is 2.90. The minimum atomic E-state index is -0.953. The lowest BCUT2D eigenvalue weighted by molar-refractivity contribution is -0.136. The smallest absolute Gasteiger partial charge is 0.305 e. The maximum Gasteiger partial charge on any atom is 0.305 e. The van der Waals surface area contributed by atoms with E-state index >= 15 is 0 Å². The Morgan fingerprint density at radius 1 is 0.892 bits per heavy atom. The van der Waals surface area contributed by atoms with Crippen LogP contribution >= 0.6 is 0 Å². The molecule has 7 heteroatoms. The number of hydrogen-bond donors (Lipinski definition) is 2. The summed E-state index contributed by atoms with van der Waals surface area (Å²) in [7, 11) is 0. The minimum absolute atomic E-state index is 0.0860. The maximum absolute atomic E-state index is 13.1. The molecule has 0 aliphatic carbocycles. The fourth-order valence-electron chi connectivity index (χ4n) is 3.81. The molecule has 0 fully saturated rings. The number of amides is 1. The zero-order valence-corrected chi connectivity index (χ0v) is 21.1. The molecule has 0 bridgehead atoms. The van der Waals surface area contributed by atoms with Gasteiger partial charge in [0, 0.05) is 12.1 Å². The summed E-state index contributed by atoms with van der Waals surface area (Å²) in [5, 5.41) is 11.3. The zero-order chi connectivity index (χ0) is 26.5. The molecule has 37 heavy (non-hydrogen) atoms. The van der Waals surface area contributed by atoms with Crippen molar-refractivity contribution >= 4 is 11.9 Å². The second-order valence-corrected chi connectivity index (χ2v) is 8.86. The first-order valence-corrected chi connectivity index (χ1v) is 12.7. The van der Waals surface area contributed by atoms with Gasteiger partial charge in [0.15, 0.2) is 0 Å². The Labute approximate surface area is 217 Å². The van der Waals surface area contributed by atoms with Crippen LogP contribution in [-0.2, 0) is 11.4 Å². The molecule has 1 amide bonds. The molecule has 0 heterocycles. The predicted molar refractivity (Wildman–Crippen MR) is 140 cm³/mol. The number of ether oxygens (including phenoxy) is 2. The second-order valence-electron chi connectivity index (χ2n) is 8.86. The largest absolute Gasteiger partial charge is 0.489 e. The van der Waals surface area contributed by atoms with Crippen molar-refractivity contribution in [1.82, 2.24) is 5.32 Å². The van der Waals surface area contributed by atoms with Gasteiger partial charge < -0.3 is 19.9 Å². The molecule has 0 saturated heterocycles. The Hall–Kier alpha value is -3.87. The highest BCUT2D eigenvalue weighted by Crippen LogP contribution is 2.29. The lowest BCUT2D eigenvalue weighted by atomic mass is 10.0. The third-order valence-corrected chi connectivity index (χ3v) is 5.91. The highest BCUT2D eigenvalue weighted by atomic mass is 19.1. The lowest BCUT2D eigenvalue weighted by Crippen LogP contribution is -2.26. The molecule has 3 aromatic carbocycles. The highest BCUT2D eigenvalue weighted by Gasteiger charge is 2.15. The lowest BCUT2D eigenvalue weighted by Gasteiger charge is -2.20. The van der Waals surface area contributed by atoms with Crippen molar-refractivity contribution in [3.63, 3.8) is 0 Å². The van der Waals surface area contributed by atoms with Crippen LogP contribution in [-0.4, -0.2) is 23.5 Å². The van der Waals surface area contributed by atoms with Crippen molar-refractivity contribution in [1.29, 1.82) is 0 Å². The number of carbonyl (C=O) groups excluding carboxylic acids is 1. The predicted octanol–water partition coefficient (Wildman–Crippen LogP) is 6.70. The summed E-state index contributed by atoms with van der Waals surface area (Å²) in [6.45, 7) is 2.60. The standard InChI is InChI=1S/C30H34FNO5/c1-2-3-4-5-6-28(23-9-11-24(12-10-23)30(35)32-20-19-29(33)34)37-27-17-15-26(16-18-27)36-21-22-7-13-25(31)14-8-22/h7-18,28H,2-6,19-21H2,1H3,(H,32,35)(H,33,34).